The SMILES string of the molecule is CCn1nc(C2CCC2)n(C2CNC2)c1=O. The first-order valence-electron chi connectivity index (χ1n) is 6.21. The minimum Gasteiger partial charge on any atom is -0.313 e. The lowest BCUT2D eigenvalue weighted by Gasteiger charge is -2.32. The molecule has 0 aromatic carbocycles. The first-order chi connectivity index (χ1) is 7.81. The van der Waals surface area contributed by atoms with E-state index in [-0.39, 0.29) is 5.69 Å². The number of aryl methyl sites for hydroxylation is 1. The quantitative estimate of drug-likeness (QED) is 0.809. The van der Waals surface area contributed by atoms with E-state index in [0.29, 0.717) is 18.5 Å². The maximum atomic E-state index is 12.1. The van der Waals surface area contributed by atoms with E-state index in [1.807, 2.05) is 11.5 Å². The van der Waals surface area contributed by atoms with E-state index < -0.39 is 0 Å². The van der Waals surface area contributed by atoms with Gasteiger partial charge in [-0.25, -0.2) is 9.48 Å². The average molecular weight is 222 g/mol. The van der Waals surface area contributed by atoms with Gasteiger partial charge in [0.15, 0.2) is 0 Å². The van der Waals surface area contributed by atoms with Crippen LogP contribution in [0.1, 0.15) is 44.0 Å². The number of hydrogen-bond acceptors (Lipinski definition) is 3. The zero-order chi connectivity index (χ0) is 11.1. The number of nitrogens with zero attached hydrogens (tertiary/aromatic N) is 3. The third-order valence-corrected chi connectivity index (χ3v) is 3.79. The van der Waals surface area contributed by atoms with Crippen molar-refractivity contribution in [2.24, 2.45) is 0 Å². The lowest BCUT2D eigenvalue weighted by molar-refractivity contribution is 0.303. The fraction of sp³-hybridized carbons (Fsp3) is 0.818. The monoisotopic (exact) mass is 222 g/mol. The first-order valence-corrected chi connectivity index (χ1v) is 6.21. The van der Waals surface area contributed by atoms with Gasteiger partial charge in [0.1, 0.15) is 5.82 Å². The summed E-state index contributed by atoms with van der Waals surface area (Å²) in [6.07, 6.45) is 3.67. The molecule has 1 aromatic rings. The second-order valence-electron chi connectivity index (χ2n) is 4.77. The number of hydrogen-bond donors (Lipinski definition) is 1. The number of aromatic nitrogens is 3. The van der Waals surface area contributed by atoms with Crippen LogP contribution in [0.3, 0.4) is 0 Å². The molecule has 3 rings (SSSR count). The van der Waals surface area contributed by atoms with Crippen LogP contribution < -0.4 is 11.0 Å². The van der Waals surface area contributed by atoms with Gasteiger partial charge in [0.2, 0.25) is 0 Å². The van der Waals surface area contributed by atoms with Crippen LogP contribution in [0.25, 0.3) is 0 Å². The molecular weight excluding hydrogens is 204 g/mol. The van der Waals surface area contributed by atoms with Gasteiger partial charge in [-0.2, -0.15) is 5.10 Å². The number of rotatable bonds is 3. The summed E-state index contributed by atoms with van der Waals surface area (Å²) in [4.78, 5) is 12.1. The number of nitrogens with one attached hydrogen (secondary N) is 1. The highest BCUT2D eigenvalue weighted by molar-refractivity contribution is 5.05. The molecule has 5 heteroatoms. The molecule has 1 aliphatic heterocycles. The molecule has 2 fully saturated rings. The Morgan fingerprint density at radius 2 is 2.19 bits per heavy atom. The third kappa shape index (κ3) is 1.34. The second kappa shape index (κ2) is 3.73. The van der Waals surface area contributed by atoms with Gasteiger partial charge < -0.3 is 5.32 Å². The molecular formula is C11H18N4O. The molecule has 88 valence electrons. The van der Waals surface area contributed by atoms with Gasteiger partial charge in [0.25, 0.3) is 0 Å². The Kier molecular flexibility index (Phi) is 2.35. The summed E-state index contributed by atoms with van der Waals surface area (Å²) in [5.74, 6) is 1.56. The Hall–Kier alpha value is -1.10. The molecule has 1 N–H and O–H groups in total. The molecule has 0 amide bonds. The van der Waals surface area contributed by atoms with Crippen LogP contribution in [-0.4, -0.2) is 27.4 Å². The molecule has 5 nitrogen and oxygen atoms in total. The molecule has 2 heterocycles. The Morgan fingerprint density at radius 1 is 1.44 bits per heavy atom. The standard InChI is InChI=1S/C11H18N4O/c1-2-14-11(16)15(9-6-12-7-9)10(13-14)8-4-3-5-8/h8-9,12H,2-7H2,1H3. The van der Waals surface area contributed by atoms with E-state index in [2.05, 4.69) is 10.4 Å². The van der Waals surface area contributed by atoms with Gasteiger partial charge in [0, 0.05) is 25.6 Å². The fourth-order valence-electron chi connectivity index (χ4n) is 2.39. The van der Waals surface area contributed by atoms with Gasteiger partial charge >= 0.3 is 5.69 Å². The maximum Gasteiger partial charge on any atom is 0.346 e. The van der Waals surface area contributed by atoms with Crippen molar-refractivity contribution in [1.29, 1.82) is 0 Å². The summed E-state index contributed by atoms with van der Waals surface area (Å²) in [5.41, 5.74) is 0.0795. The van der Waals surface area contributed by atoms with Crippen molar-refractivity contribution in [2.45, 2.75) is 44.7 Å². The summed E-state index contributed by atoms with van der Waals surface area (Å²) in [6.45, 7) is 4.47. The highest BCUT2D eigenvalue weighted by Gasteiger charge is 2.31. The summed E-state index contributed by atoms with van der Waals surface area (Å²) >= 11 is 0. The zero-order valence-electron chi connectivity index (χ0n) is 9.65. The van der Waals surface area contributed by atoms with Crippen molar-refractivity contribution >= 4 is 0 Å². The predicted molar refractivity (Wildman–Crippen MR) is 60.7 cm³/mol. The van der Waals surface area contributed by atoms with E-state index in [4.69, 9.17) is 0 Å². The molecule has 0 spiro atoms. The summed E-state index contributed by atoms with van der Waals surface area (Å²) in [5, 5.41) is 7.71. The molecule has 1 saturated heterocycles. The second-order valence-corrected chi connectivity index (χ2v) is 4.77. The van der Waals surface area contributed by atoms with Crippen LogP contribution in [0.15, 0.2) is 4.79 Å². The molecule has 2 aliphatic rings. The lowest BCUT2D eigenvalue weighted by Crippen LogP contribution is -2.48. The zero-order valence-corrected chi connectivity index (χ0v) is 9.65. The molecule has 1 aromatic heterocycles. The van der Waals surface area contributed by atoms with Crippen molar-refractivity contribution in [2.75, 3.05) is 13.1 Å². The van der Waals surface area contributed by atoms with Gasteiger partial charge in [-0.15, -0.1) is 0 Å². The Balaban J connectivity index is 2.03. The fourth-order valence-corrected chi connectivity index (χ4v) is 2.39. The summed E-state index contributed by atoms with van der Waals surface area (Å²) in [6, 6.07) is 0.336. The molecule has 0 unspecified atom stereocenters. The van der Waals surface area contributed by atoms with Crippen LogP contribution in [0, 0.1) is 0 Å². The molecule has 0 atom stereocenters. The van der Waals surface area contributed by atoms with E-state index in [9.17, 15) is 4.79 Å². The van der Waals surface area contributed by atoms with Crippen molar-refractivity contribution < 1.29 is 0 Å². The molecule has 16 heavy (non-hydrogen) atoms. The normalized spacial score (nSPS) is 21.8. The minimum absolute atomic E-state index is 0.0795. The van der Waals surface area contributed by atoms with Crippen LogP contribution in [0.4, 0.5) is 0 Å². The lowest BCUT2D eigenvalue weighted by atomic mass is 9.84. The Labute approximate surface area is 94.5 Å². The van der Waals surface area contributed by atoms with Gasteiger partial charge in [0.05, 0.1) is 6.04 Å². The largest absolute Gasteiger partial charge is 0.346 e. The van der Waals surface area contributed by atoms with E-state index in [1.54, 1.807) is 4.68 Å². The van der Waals surface area contributed by atoms with Gasteiger partial charge in [-0.05, 0) is 19.8 Å². The maximum absolute atomic E-state index is 12.1. The molecule has 0 bridgehead atoms. The predicted octanol–water partition coefficient (Wildman–Crippen LogP) is 0.476. The van der Waals surface area contributed by atoms with Crippen LogP contribution in [0.2, 0.25) is 0 Å². The third-order valence-electron chi connectivity index (χ3n) is 3.79. The van der Waals surface area contributed by atoms with Crippen LogP contribution in [0.5, 0.6) is 0 Å². The van der Waals surface area contributed by atoms with Crippen molar-refractivity contribution in [1.82, 2.24) is 19.7 Å². The van der Waals surface area contributed by atoms with Crippen LogP contribution in [-0.2, 0) is 6.54 Å². The van der Waals surface area contributed by atoms with E-state index in [0.717, 1.165) is 18.9 Å². The Morgan fingerprint density at radius 3 is 2.62 bits per heavy atom. The van der Waals surface area contributed by atoms with Crippen LogP contribution >= 0.6 is 0 Å². The first kappa shape index (κ1) is 10.1. The molecule has 1 saturated carbocycles. The topological polar surface area (TPSA) is 51.9 Å². The highest BCUT2D eigenvalue weighted by Crippen LogP contribution is 2.35. The van der Waals surface area contributed by atoms with Crippen molar-refractivity contribution in [3.63, 3.8) is 0 Å². The smallest absolute Gasteiger partial charge is 0.313 e. The van der Waals surface area contributed by atoms with Crippen molar-refractivity contribution in [3.05, 3.63) is 16.3 Å². The van der Waals surface area contributed by atoms with E-state index in [1.165, 1.54) is 19.3 Å². The molecule has 1 aliphatic carbocycles. The van der Waals surface area contributed by atoms with Gasteiger partial charge in [-0.3, -0.25) is 4.57 Å². The van der Waals surface area contributed by atoms with Crippen molar-refractivity contribution in [3.8, 4) is 0 Å². The van der Waals surface area contributed by atoms with E-state index >= 15 is 0 Å². The highest BCUT2D eigenvalue weighted by atomic mass is 16.2. The molecule has 0 radical (unpaired) electrons. The summed E-state index contributed by atoms with van der Waals surface area (Å²) < 4.78 is 3.54. The Bertz CT molecular complexity index is 439. The summed E-state index contributed by atoms with van der Waals surface area (Å²) in [7, 11) is 0. The minimum atomic E-state index is 0.0795. The van der Waals surface area contributed by atoms with Gasteiger partial charge in [-0.1, -0.05) is 6.42 Å². The average Bonchev–Trinajstić information content (AvgIpc) is 2.41.